The lowest BCUT2D eigenvalue weighted by molar-refractivity contribution is 0.668. The molecule has 0 atom stereocenters. The Bertz CT molecular complexity index is 9320. The normalized spacial score (nSPS) is 11.7. The highest BCUT2D eigenvalue weighted by molar-refractivity contribution is 6.27. The first-order valence-corrected chi connectivity index (χ1v) is 46.1. The Kier molecular flexibility index (Phi) is 19.1. The molecule has 0 amide bonds. The van der Waals surface area contributed by atoms with Crippen LogP contribution in [0.4, 0.5) is 0 Å². The summed E-state index contributed by atoms with van der Waals surface area (Å²) in [4.78, 5) is 29.8. The molecule has 632 valence electrons. The number of rotatable bonds is 13. The van der Waals surface area contributed by atoms with Gasteiger partial charge in [-0.25, -0.2) is 29.9 Å². The van der Waals surface area contributed by atoms with Gasteiger partial charge in [0.05, 0.1) is 0 Å². The number of fused-ring (bicyclic) bond motifs is 20. The maximum atomic E-state index is 6.61. The van der Waals surface area contributed by atoms with Crippen LogP contribution in [0.5, 0.6) is 0 Å². The van der Waals surface area contributed by atoms with Crippen molar-refractivity contribution in [1.29, 1.82) is 0 Å². The van der Waals surface area contributed by atoms with Crippen molar-refractivity contribution in [2.24, 2.45) is 0 Å². The van der Waals surface area contributed by atoms with Crippen LogP contribution in [-0.4, -0.2) is 29.9 Å². The van der Waals surface area contributed by atoms with Gasteiger partial charge in [0.15, 0.2) is 34.9 Å². The van der Waals surface area contributed by atoms with Crippen LogP contribution in [0.2, 0.25) is 0 Å². The molecule has 0 spiro atoms. The van der Waals surface area contributed by atoms with Crippen LogP contribution >= 0.6 is 0 Å². The fourth-order valence-corrected chi connectivity index (χ4v) is 20.2. The van der Waals surface area contributed by atoms with Crippen molar-refractivity contribution < 1.29 is 8.83 Å². The van der Waals surface area contributed by atoms with E-state index in [0.717, 1.165) is 138 Å². The summed E-state index contributed by atoms with van der Waals surface area (Å²) in [5.41, 5.74) is 25.3. The van der Waals surface area contributed by atoms with Gasteiger partial charge in [0.1, 0.15) is 22.3 Å². The molecule has 4 aromatic heterocycles. The predicted octanol–water partition coefficient (Wildman–Crippen LogP) is 34.4. The summed E-state index contributed by atoms with van der Waals surface area (Å²) in [5.74, 6) is 3.85. The van der Waals surface area contributed by atoms with E-state index < -0.39 is 0 Å². The number of hydrogen-bond donors (Lipinski definition) is 0. The molecule has 8 nitrogen and oxygen atoms in total. The molecule has 136 heavy (non-hydrogen) atoms. The monoisotopic (exact) mass is 1730 g/mol. The Balaban J connectivity index is 0.000000142. The van der Waals surface area contributed by atoms with Crippen LogP contribution in [0.15, 0.2) is 482 Å². The average Bonchev–Trinajstić information content (AvgIpc) is 0.760. The molecule has 0 aliphatic heterocycles. The minimum Gasteiger partial charge on any atom is -0.456 e. The number of furan rings is 2. The van der Waals surface area contributed by atoms with Crippen LogP contribution in [0, 0.1) is 0 Å². The van der Waals surface area contributed by atoms with E-state index in [4.69, 9.17) is 38.7 Å². The second-order valence-corrected chi connectivity index (χ2v) is 35.1. The Morgan fingerprint density at radius 2 is 0.346 bits per heavy atom. The van der Waals surface area contributed by atoms with Crippen LogP contribution in [0.3, 0.4) is 0 Å². The Labute approximate surface area is 782 Å². The van der Waals surface area contributed by atoms with Gasteiger partial charge in [0, 0.05) is 54.9 Å². The van der Waals surface area contributed by atoms with Gasteiger partial charge < -0.3 is 8.83 Å². The minimum atomic E-state index is 0.631. The van der Waals surface area contributed by atoms with Crippen LogP contribution in [-0.2, 0) is 0 Å². The van der Waals surface area contributed by atoms with Crippen molar-refractivity contribution in [3.8, 4) is 146 Å². The topological polar surface area (TPSA) is 104 Å². The zero-order valence-corrected chi connectivity index (χ0v) is 73.5. The molecule has 0 bridgehead atoms. The predicted molar refractivity (Wildman–Crippen MR) is 565 cm³/mol. The van der Waals surface area contributed by atoms with Crippen molar-refractivity contribution in [1.82, 2.24) is 29.9 Å². The van der Waals surface area contributed by atoms with Crippen LogP contribution < -0.4 is 0 Å². The molecule has 0 radical (unpaired) electrons. The van der Waals surface area contributed by atoms with Crippen molar-refractivity contribution in [3.63, 3.8) is 0 Å². The molecule has 0 N–H and O–H groups in total. The van der Waals surface area contributed by atoms with E-state index >= 15 is 0 Å². The Morgan fingerprint density at radius 1 is 0.110 bits per heavy atom. The van der Waals surface area contributed by atoms with Crippen molar-refractivity contribution in [3.05, 3.63) is 473 Å². The first-order valence-electron chi connectivity index (χ1n) is 46.1. The molecule has 0 aliphatic rings. The molecule has 0 saturated carbocycles. The van der Waals surface area contributed by atoms with Crippen LogP contribution in [0.1, 0.15) is 0 Å². The standard InChI is InChI=1S/C67H41N3O.C61H37N3O/c1-3-15-42(16-4-1)65-68-66(43-17-5-2-6-18-43)70-67(69-65)60-35-34-51(52-23-7-11-27-56(52)60)50-30-33-59-62-40-49(31-36-63(62)71-64(59)41-50)47-22-14-20-45(38-47)44-19-13-21-46(37-44)48-29-32-58-55-26-9-8-24-53(55)54-25-10-12-28-57(54)61(58)39-48;1-3-12-38(13-4-1)59-62-60(39-14-5-2-6-15-39)64-61(63-59)48-25-24-42-33-43(22-23-44(42)34-48)47-27-30-54-56-36-46(28-31-57(56)65-58(54)37-47)41-17-11-16-40(32-41)45-26-29-53-51-20-8-7-18-49(51)50-19-9-10-21-52(50)55(53)35-45/h1-41H;1-37H. The minimum absolute atomic E-state index is 0.631. The van der Waals surface area contributed by atoms with Gasteiger partial charge in [-0.2, -0.15) is 0 Å². The molecular weight excluding hydrogens is 1650 g/mol. The van der Waals surface area contributed by atoms with E-state index in [9.17, 15) is 0 Å². The highest BCUT2D eigenvalue weighted by Crippen LogP contribution is 2.46. The molecule has 27 aromatic rings. The van der Waals surface area contributed by atoms with Gasteiger partial charge in [-0.15, -0.1) is 0 Å². The van der Waals surface area contributed by atoms with Crippen molar-refractivity contribution in [2.45, 2.75) is 0 Å². The molecule has 8 heteroatoms. The summed E-state index contributed by atoms with van der Waals surface area (Å²) >= 11 is 0. The van der Waals surface area contributed by atoms with E-state index in [2.05, 4.69) is 352 Å². The molecule has 0 fully saturated rings. The van der Waals surface area contributed by atoms with Gasteiger partial charge in [-0.1, -0.05) is 376 Å². The van der Waals surface area contributed by atoms with E-state index in [0.29, 0.717) is 34.9 Å². The highest BCUT2D eigenvalue weighted by atomic mass is 16.3. The molecule has 0 saturated heterocycles. The summed E-state index contributed by atoms with van der Waals surface area (Å²) in [6, 6.07) is 168. The smallest absolute Gasteiger partial charge is 0.164 e. The summed E-state index contributed by atoms with van der Waals surface area (Å²) < 4.78 is 13.1. The summed E-state index contributed by atoms with van der Waals surface area (Å²) in [7, 11) is 0. The third-order valence-corrected chi connectivity index (χ3v) is 27.0. The molecular formula is C128H78N6O2. The molecule has 0 aliphatic carbocycles. The maximum Gasteiger partial charge on any atom is 0.164 e. The number of aromatic nitrogens is 6. The fraction of sp³-hybridized carbons (Fsp3) is 0. The molecule has 23 aromatic carbocycles. The van der Waals surface area contributed by atoms with Gasteiger partial charge in [0.25, 0.3) is 0 Å². The van der Waals surface area contributed by atoms with Crippen LogP contribution in [0.25, 0.3) is 276 Å². The first kappa shape index (κ1) is 78.8. The van der Waals surface area contributed by atoms with Crippen molar-refractivity contribution >= 4 is 130 Å². The highest BCUT2D eigenvalue weighted by Gasteiger charge is 2.22. The second-order valence-electron chi connectivity index (χ2n) is 35.1. The lowest BCUT2D eigenvalue weighted by Gasteiger charge is -2.13. The van der Waals surface area contributed by atoms with Gasteiger partial charge >= 0.3 is 0 Å². The third-order valence-electron chi connectivity index (χ3n) is 27.0. The summed E-state index contributed by atoms with van der Waals surface area (Å²) in [5, 5.41) is 24.2. The van der Waals surface area contributed by atoms with E-state index in [1.165, 1.54) is 104 Å². The number of hydrogen-bond acceptors (Lipinski definition) is 8. The molecule has 0 unspecified atom stereocenters. The average molecular weight is 1730 g/mol. The van der Waals surface area contributed by atoms with E-state index in [1.54, 1.807) is 0 Å². The second kappa shape index (κ2) is 33.0. The lowest BCUT2D eigenvalue weighted by Crippen LogP contribution is -2.00. The van der Waals surface area contributed by atoms with Gasteiger partial charge in [-0.3, -0.25) is 0 Å². The lowest BCUT2D eigenvalue weighted by atomic mass is 9.91. The largest absolute Gasteiger partial charge is 0.456 e. The Morgan fingerprint density at radius 3 is 0.728 bits per heavy atom. The fourth-order valence-electron chi connectivity index (χ4n) is 20.2. The zero-order valence-electron chi connectivity index (χ0n) is 73.5. The zero-order chi connectivity index (χ0) is 89.7. The molecule has 27 rings (SSSR count). The van der Waals surface area contributed by atoms with Crippen molar-refractivity contribution in [2.75, 3.05) is 0 Å². The SMILES string of the molecule is c1ccc(-c2nc(-c3ccccc3)nc(-c3ccc(-c4ccc5c(c4)oc4ccc(-c6cccc(-c7cccc(-c8ccc9c%10ccccc%10c%10ccccc%10c9c8)c7)c6)cc45)c4ccccc34)n2)cc1.c1ccc(-c2nc(-c3ccccc3)nc(-c3ccc4cc(-c5ccc6c(c5)oc5ccc(-c7cccc(-c8ccc9c%10ccccc%10c%10ccccc%10c9c8)c7)cc56)ccc4c3)n2)cc1. The van der Waals surface area contributed by atoms with E-state index in [-0.39, 0.29) is 0 Å². The quantitative estimate of drug-likeness (QED) is 0.105. The van der Waals surface area contributed by atoms with E-state index in [1.807, 2.05) is 121 Å². The number of nitrogens with zero attached hydrogens (tertiary/aromatic N) is 6. The Hall–Kier alpha value is -18.2. The number of benzene rings is 23. The van der Waals surface area contributed by atoms with Gasteiger partial charge in [-0.05, 0) is 261 Å². The maximum absolute atomic E-state index is 6.61. The summed E-state index contributed by atoms with van der Waals surface area (Å²) in [6.07, 6.45) is 0. The first-order chi connectivity index (χ1) is 67.3. The third kappa shape index (κ3) is 14.2. The molecule has 4 heterocycles. The van der Waals surface area contributed by atoms with Gasteiger partial charge in [0.2, 0.25) is 0 Å². The summed E-state index contributed by atoms with van der Waals surface area (Å²) in [6.45, 7) is 0.